The van der Waals surface area contributed by atoms with Crippen LogP contribution in [0.5, 0.6) is 5.75 Å². The molecule has 10 nitrogen and oxygen atoms in total. The van der Waals surface area contributed by atoms with Crippen molar-refractivity contribution in [3.05, 3.63) is 24.0 Å². The predicted octanol–water partition coefficient (Wildman–Crippen LogP) is 3.14. The number of furan rings is 1. The quantitative estimate of drug-likeness (QED) is 0.436. The highest BCUT2D eigenvalue weighted by molar-refractivity contribution is 7.26. The molecule has 3 rings (SSSR count). The fourth-order valence-corrected chi connectivity index (χ4v) is 3.87. The third-order valence-corrected chi connectivity index (χ3v) is 4.94. The van der Waals surface area contributed by atoms with Gasteiger partial charge in [0.2, 0.25) is 5.76 Å². The number of benzene rings is 1. The maximum absolute atomic E-state index is 11.6. The maximum Gasteiger partial charge on any atom is 0.407 e. The molecule has 4 amide bonds. The minimum atomic E-state index is -0.834. The Bertz CT molecular complexity index is 1130. The molecule has 30 heavy (non-hydrogen) atoms. The van der Waals surface area contributed by atoms with Crippen molar-refractivity contribution in [1.82, 2.24) is 5.32 Å². The number of amides is 4. The molecule has 6 N–H and O–H groups in total. The normalized spacial score (nSPS) is 11.4. The van der Waals surface area contributed by atoms with Gasteiger partial charge in [0.25, 0.3) is 5.91 Å². The van der Waals surface area contributed by atoms with E-state index in [2.05, 4.69) is 10.6 Å². The molecule has 0 fully saturated rings. The molecule has 0 spiro atoms. The highest BCUT2D eigenvalue weighted by Gasteiger charge is 2.23. The fraction of sp³-hybridized carbons (Fsp3) is 0.316. The summed E-state index contributed by atoms with van der Waals surface area (Å²) in [6.45, 7) is 5.87. The van der Waals surface area contributed by atoms with Gasteiger partial charge in [-0.1, -0.05) is 0 Å². The second-order valence-electron chi connectivity index (χ2n) is 7.36. The Kier molecular flexibility index (Phi) is 5.74. The molecule has 0 aliphatic carbocycles. The molecule has 0 saturated heterocycles. The van der Waals surface area contributed by atoms with Gasteiger partial charge < -0.3 is 36.0 Å². The van der Waals surface area contributed by atoms with E-state index in [-0.39, 0.29) is 24.6 Å². The highest BCUT2D eigenvalue weighted by Crippen LogP contribution is 2.43. The van der Waals surface area contributed by atoms with Gasteiger partial charge >= 0.3 is 12.1 Å². The van der Waals surface area contributed by atoms with Crippen molar-refractivity contribution >= 4 is 55.4 Å². The number of nitrogens with two attached hydrogens (primary N) is 2. The lowest BCUT2D eigenvalue weighted by atomic mass is 10.2. The first-order valence-electron chi connectivity index (χ1n) is 9.00. The number of carbonyl (C=O) groups is 3. The van der Waals surface area contributed by atoms with E-state index in [0.29, 0.717) is 16.0 Å². The van der Waals surface area contributed by atoms with Crippen molar-refractivity contribution in [3.63, 3.8) is 0 Å². The van der Waals surface area contributed by atoms with Crippen LogP contribution in [0.1, 0.15) is 31.3 Å². The minimum absolute atomic E-state index is 0.148. The second kappa shape index (κ2) is 8.11. The molecule has 0 radical (unpaired) electrons. The number of fused-ring (bicyclic) bond motifs is 3. The number of anilines is 1. The van der Waals surface area contributed by atoms with E-state index in [1.54, 1.807) is 39.0 Å². The average molecular weight is 434 g/mol. The summed E-state index contributed by atoms with van der Waals surface area (Å²) in [6, 6.07) is 4.46. The Hall–Kier alpha value is -3.47. The Labute approximate surface area is 175 Å². The van der Waals surface area contributed by atoms with E-state index in [9.17, 15) is 14.4 Å². The molecule has 0 aliphatic heterocycles. The SMILES string of the molecule is CC(C)(C)OC(=O)NCCOc1ccc2c(c1)sc1c(NC(N)=O)c(C(N)=O)oc12. The number of ether oxygens (including phenoxy) is 2. The van der Waals surface area contributed by atoms with Crippen LogP contribution in [0.15, 0.2) is 22.6 Å². The molecule has 2 aromatic heterocycles. The first kappa shape index (κ1) is 21.2. The topological polar surface area (TPSA) is 159 Å². The van der Waals surface area contributed by atoms with Crippen LogP contribution in [-0.4, -0.2) is 36.8 Å². The minimum Gasteiger partial charge on any atom is -0.492 e. The third kappa shape index (κ3) is 4.74. The summed E-state index contributed by atoms with van der Waals surface area (Å²) in [5.74, 6) is -0.393. The van der Waals surface area contributed by atoms with E-state index in [0.717, 1.165) is 10.1 Å². The number of carbonyl (C=O) groups excluding carboxylic acids is 3. The summed E-state index contributed by atoms with van der Waals surface area (Å²) < 4.78 is 17.8. The monoisotopic (exact) mass is 434 g/mol. The van der Waals surface area contributed by atoms with E-state index in [4.69, 9.17) is 25.4 Å². The predicted molar refractivity (Wildman–Crippen MR) is 113 cm³/mol. The lowest BCUT2D eigenvalue weighted by Gasteiger charge is -2.19. The van der Waals surface area contributed by atoms with Gasteiger partial charge in [0.15, 0.2) is 5.58 Å². The van der Waals surface area contributed by atoms with Crippen molar-refractivity contribution in [2.75, 3.05) is 18.5 Å². The summed E-state index contributed by atoms with van der Waals surface area (Å²) in [6.07, 6.45) is -0.514. The van der Waals surface area contributed by atoms with E-state index >= 15 is 0 Å². The molecule has 3 aromatic rings. The molecule has 0 aliphatic rings. The first-order valence-corrected chi connectivity index (χ1v) is 9.82. The zero-order valence-corrected chi connectivity index (χ0v) is 17.5. The zero-order valence-electron chi connectivity index (χ0n) is 16.7. The van der Waals surface area contributed by atoms with Crippen LogP contribution < -0.4 is 26.8 Å². The van der Waals surface area contributed by atoms with Gasteiger partial charge in [-0.15, -0.1) is 11.3 Å². The number of hydrogen-bond donors (Lipinski definition) is 4. The number of urea groups is 1. The van der Waals surface area contributed by atoms with E-state index < -0.39 is 23.6 Å². The van der Waals surface area contributed by atoms with Gasteiger partial charge in [0.05, 0.1) is 11.2 Å². The number of thiophene rings is 1. The zero-order chi connectivity index (χ0) is 22.1. The van der Waals surface area contributed by atoms with Gasteiger partial charge in [-0.3, -0.25) is 4.79 Å². The van der Waals surface area contributed by atoms with Crippen LogP contribution in [0.2, 0.25) is 0 Å². The highest BCUT2D eigenvalue weighted by atomic mass is 32.1. The van der Waals surface area contributed by atoms with Crippen molar-refractivity contribution in [3.8, 4) is 5.75 Å². The molecule has 1 aromatic carbocycles. The van der Waals surface area contributed by atoms with Crippen LogP contribution in [0.25, 0.3) is 20.4 Å². The van der Waals surface area contributed by atoms with Gasteiger partial charge in [-0.05, 0) is 39.0 Å². The molecule has 160 valence electrons. The van der Waals surface area contributed by atoms with Gasteiger partial charge in [-0.25, -0.2) is 9.59 Å². The Morgan fingerprint density at radius 1 is 1.20 bits per heavy atom. The number of hydrogen-bond acceptors (Lipinski definition) is 7. The molecule has 0 bridgehead atoms. The summed E-state index contributed by atoms with van der Waals surface area (Å²) in [7, 11) is 0. The standard InChI is InChI=1S/C19H22N4O6S/c1-19(2,3)29-18(26)22-6-7-27-9-4-5-10-11(8-9)30-15-12(23-17(21)25)14(16(20)24)28-13(10)15/h4-5,8H,6-7H2,1-3H3,(H2,20,24)(H,22,26)(H3,21,23,25). The Balaban J connectivity index is 1.74. The van der Waals surface area contributed by atoms with E-state index in [1.165, 1.54) is 11.3 Å². The number of alkyl carbamates (subject to hydrolysis) is 1. The fourth-order valence-electron chi connectivity index (χ4n) is 2.71. The molecule has 11 heteroatoms. The van der Waals surface area contributed by atoms with Gasteiger partial charge in [0, 0.05) is 10.1 Å². The summed E-state index contributed by atoms with van der Waals surface area (Å²) >= 11 is 1.29. The molecule has 0 saturated carbocycles. The van der Waals surface area contributed by atoms with Gasteiger partial charge in [-0.2, -0.15) is 0 Å². The summed E-state index contributed by atoms with van der Waals surface area (Å²) in [5.41, 5.74) is 10.5. The number of nitrogens with one attached hydrogen (secondary N) is 2. The maximum atomic E-state index is 11.6. The van der Waals surface area contributed by atoms with E-state index in [1.807, 2.05) is 0 Å². The summed E-state index contributed by atoms with van der Waals surface area (Å²) in [4.78, 5) is 34.5. The molecular formula is C19H22N4O6S. The first-order chi connectivity index (χ1) is 14.0. The van der Waals surface area contributed by atoms with Crippen LogP contribution >= 0.6 is 11.3 Å². The number of primary amides is 2. The largest absolute Gasteiger partial charge is 0.492 e. The third-order valence-electron chi connectivity index (χ3n) is 3.79. The molecule has 2 heterocycles. The van der Waals surface area contributed by atoms with Crippen molar-refractivity contribution in [2.24, 2.45) is 11.5 Å². The van der Waals surface area contributed by atoms with Crippen LogP contribution in [0, 0.1) is 0 Å². The van der Waals surface area contributed by atoms with Crippen LogP contribution in [-0.2, 0) is 4.74 Å². The molecule has 0 unspecified atom stereocenters. The average Bonchev–Trinajstić information content (AvgIpc) is 3.13. The van der Waals surface area contributed by atoms with Crippen molar-refractivity contribution in [2.45, 2.75) is 26.4 Å². The summed E-state index contributed by atoms with van der Waals surface area (Å²) in [5, 5.41) is 5.74. The lowest BCUT2D eigenvalue weighted by Crippen LogP contribution is -2.34. The smallest absolute Gasteiger partial charge is 0.407 e. The second-order valence-corrected chi connectivity index (χ2v) is 8.41. The van der Waals surface area contributed by atoms with Crippen molar-refractivity contribution < 1.29 is 28.3 Å². The Morgan fingerprint density at radius 3 is 2.57 bits per heavy atom. The Morgan fingerprint density at radius 2 is 1.93 bits per heavy atom. The lowest BCUT2D eigenvalue weighted by molar-refractivity contribution is 0.0520. The van der Waals surface area contributed by atoms with Gasteiger partial charge in [0.1, 0.15) is 23.6 Å². The van der Waals surface area contributed by atoms with Crippen molar-refractivity contribution in [1.29, 1.82) is 0 Å². The molecular weight excluding hydrogens is 412 g/mol. The molecule has 0 atom stereocenters. The van der Waals surface area contributed by atoms with Crippen LogP contribution in [0.4, 0.5) is 15.3 Å². The number of rotatable bonds is 6. The van der Waals surface area contributed by atoms with Crippen LogP contribution in [0.3, 0.4) is 0 Å².